The van der Waals surface area contributed by atoms with Crippen LogP contribution < -0.4 is 0 Å². The molecule has 0 saturated carbocycles. The molecule has 0 N–H and O–H groups in total. The molecule has 1 heterocycles. The average molecular weight is 252 g/mol. The highest BCUT2D eigenvalue weighted by molar-refractivity contribution is 5.69. The fraction of sp³-hybridized carbons (Fsp3) is 0.812. The molecule has 0 aliphatic carbocycles. The fourth-order valence-corrected chi connectivity index (χ4v) is 2.40. The van der Waals surface area contributed by atoms with Gasteiger partial charge in [0.2, 0.25) is 0 Å². The van der Waals surface area contributed by atoms with Gasteiger partial charge in [0.25, 0.3) is 0 Å². The van der Waals surface area contributed by atoms with Crippen molar-refractivity contribution in [3.8, 4) is 0 Å². The quantitative estimate of drug-likeness (QED) is 0.458. The molecule has 0 bridgehead atoms. The molecule has 0 spiro atoms. The summed E-state index contributed by atoms with van der Waals surface area (Å²) in [7, 11) is 0. The summed E-state index contributed by atoms with van der Waals surface area (Å²) in [6.07, 6.45) is 13.5. The van der Waals surface area contributed by atoms with Crippen LogP contribution in [0.4, 0.5) is 0 Å². The van der Waals surface area contributed by atoms with Crippen LogP contribution in [-0.2, 0) is 9.53 Å². The highest BCUT2D eigenvalue weighted by atomic mass is 16.5. The van der Waals surface area contributed by atoms with Gasteiger partial charge < -0.3 is 4.74 Å². The Labute approximate surface area is 112 Å². The Morgan fingerprint density at radius 3 is 2.61 bits per heavy atom. The van der Waals surface area contributed by atoms with E-state index in [4.69, 9.17) is 4.74 Å². The third-order valence-electron chi connectivity index (χ3n) is 3.59. The lowest BCUT2D eigenvalue weighted by Crippen LogP contribution is -2.14. The summed E-state index contributed by atoms with van der Waals surface area (Å²) in [6.45, 7) is 4.25. The number of allylic oxidation sites excluding steroid dienone is 2. The van der Waals surface area contributed by atoms with Crippen LogP contribution in [0.5, 0.6) is 0 Å². The van der Waals surface area contributed by atoms with Crippen molar-refractivity contribution in [2.75, 3.05) is 0 Å². The number of hydrogen-bond acceptors (Lipinski definition) is 2. The van der Waals surface area contributed by atoms with Gasteiger partial charge in [-0.15, -0.1) is 0 Å². The van der Waals surface area contributed by atoms with E-state index < -0.39 is 0 Å². The van der Waals surface area contributed by atoms with Crippen molar-refractivity contribution in [2.45, 2.75) is 84.2 Å². The zero-order chi connectivity index (χ0) is 13.2. The van der Waals surface area contributed by atoms with E-state index in [9.17, 15) is 4.79 Å². The van der Waals surface area contributed by atoms with Gasteiger partial charge in [-0.25, -0.2) is 0 Å². The third-order valence-corrected chi connectivity index (χ3v) is 3.59. The first-order chi connectivity index (χ1) is 8.68. The van der Waals surface area contributed by atoms with Crippen LogP contribution >= 0.6 is 0 Å². The first-order valence-corrected chi connectivity index (χ1v) is 7.53. The maximum atomic E-state index is 11.6. The molecule has 1 rings (SSSR count). The number of carbonyl (C=O) groups is 1. The molecule has 18 heavy (non-hydrogen) atoms. The van der Waals surface area contributed by atoms with Crippen LogP contribution in [0.15, 0.2) is 11.6 Å². The molecule has 2 heteroatoms. The summed E-state index contributed by atoms with van der Waals surface area (Å²) in [5.41, 5.74) is 1.51. The number of esters is 1. The van der Waals surface area contributed by atoms with E-state index in [0.29, 0.717) is 6.42 Å². The Bertz CT molecular complexity index is 268. The van der Waals surface area contributed by atoms with Gasteiger partial charge in [-0.3, -0.25) is 4.79 Å². The summed E-state index contributed by atoms with van der Waals surface area (Å²) in [6, 6.07) is 0. The minimum absolute atomic E-state index is 0.0157. The first-order valence-electron chi connectivity index (χ1n) is 7.53. The minimum atomic E-state index is -0.0157. The van der Waals surface area contributed by atoms with Crippen molar-refractivity contribution >= 4 is 5.97 Å². The highest BCUT2D eigenvalue weighted by Gasteiger charge is 2.09. The van der Waals surface area contributed by atoms with Crippen LogP contribution in [0.25, 0.3) is 0 Å². The van der Waals surface area contributed by atoms with Gasteiger partial charge >= 0.3 is 5.97 Å². The molecule has 0 aromatic rings. The minimum Gasteiger partial charge on any atom is -0.463 e. The largest absolute Gasteiger partial charge is 0.463 e. The molecule has 2 nitrogen and oxygen atoms in total. The number of cyclic esters (lactones) is 1. The van der Waals surface area contributed by atoms with Gasteiger partial charge in [-0.2, -0.15) is 0 Å². The van der Waals surface area contributed by atoms with Crippen molar-refractivity contribution in [3.63, 3.8) is 0 Å². The predicted molar refractivity (Wildman–Crippen MR) is 75.5 cm³/mol. The van der Waals surface area contributed by atoms with Gasteiger partial charge in [0.15, 0.2) is 0 Å². The summed E-state index contributed by atoms with van der Waals surface area (Å²) in [5, 5.41) is 0. The Kier molecular flexibility index (Phi) is 7.79. The number of carbonyl (C=O) groups excluding carboxylic acids is 1. The fourth-order valence-electron chi connectivity index (χ4n) is 2.40. The molecular weight excluding hydrogens is 224 g/mol. The van der Waals surface area contributed by atoms with Crippen LogP contribution in [0.2, 0.25) is 0 Å². The van der Waals surface area contributed by atoms with Gasteiger partial charge in [0.1, 0.15) is 0 Å². The Hall–Kier alpha value is -0.790. The van der Waals surface area contributed by atoms with E-state index in [-0.39, 0.29) is 12.1 Å². The van der Waals surface area contributed by atoms with Crippen molar-refractivity contribution in [1.29, 1.82) is 0 Å². The van der Waals surface area contributed by atoms with Crippen LogP contribution in [0, 0.1) is 0 Å². The molecule has 1 aliphatic heterocycles. The topological polar surface area (TPSA) is 26.3 Å². The highest BCUT2D eigenvalue weighted by Crippen LogP contribution is 2.15. The van der Waals surface area contributed by atoms with E-state index in [1.807, 2.05) is 6.92 Å². The Balaban J connectivity index is 2.37. The maximum Gasteiger partial charge on any atom is 0.306 e. The van der Waals surface area contributed by atoms with Crippen LogP contribution in [-0.4, -0.2) is 12.1 Å². The lowest BCUT2D eigenvalue weighted by atomic mass is 10.0. The van der Waals surface area contributed by atoms with E-state index in [1.54, 1.807) is 0 Å². The summed E-state index contributed by atoms with van der Waals surface area (Å²) >= 11 is 0. The first kappa shape index (κ1) is 15.3. The second-order valence-corrected chi connectivity index (χ2v) is 5.55. The van der Waals surface area contributed by atoms with Crippen LogP contribution in [0.3, 0.4) is 0 Å². The smallest absolute Gasteiger partial charge is 0.306 e. The van der Waals surface area contributed by atoms with Gasteiger partial charge in [-0.05, 0) is 58.8 Å². The number of hydrogen-bond donors (Lipinski definition) is 0. The molecule has 0 amide bonds. The SMILES string of the molecule is C/C1=C/CCCCC(=O)OC(C)CCCCCC1. The molecule has 0 radical (unpaired) electrons. The molecular formula is C16H28O2. The Morgan fingerprint density at radius 1 is 1.06 bits per heavy atom. The Morgan fingerprint density at radius 2 is 1.78 bits per heavy atom. The van der Waals surface area contributed by atoms with Crippen molar-refractivity contribution in [1.82, 2.24) is 0 Å². The molecule has 1 unspecified atom stereocenters. The lowest BCUT2D eigenvalue weighted by molar-refractivity contribution is -0.148. The molecule has 0 aromatic carbocycles. The molecule has 0 aromatic heterocycles. The van der Waals surface area contributed by atoms with E-state index >= 15 is 0 Å². The monoisotopic (exact) mass is 252 g/mol. The summed E-state index contributed by atoms with van der Waals surface area (Å²) in [5.74, 6) is -0.0157. The predicted octanol–water partition coefficient (Wildman–Crippen LogP) is 4.78. The molecule has 0 saturated heterocycles. The van der Waals surface area contributed by atoms with Gasteiger partial charge in [-0.1, -0.05) is 24.5 Å². The second kappa shape index (κ2) is 9.18. The number of ether oxygens (including phenoxy) is 1. The van der Waals surface area contributed by atoms with Crippen molar-refractivity contribution in [2.24, 2.45) is 0 Å². The third kappa shape index (κ3) is 7.52. The standard InChI is InChI=1S/C16H28O2/c1-14-10-6-3-4-8-12-15(2)18-16(17)13-9-5-7-11-14/h11,15H,3-10,12-13H2,1-2H3/b14-11-. The van der Waals surface area contributed by atoms with Gasteiger partial charge in [0, 0.05) is 6.42 Å². The van der Waals surface area contributed by atoms with Crippen molar-refractivity contribution in [3.05, 3.63) is 11.6 Å². The summed E-state index contributed by atoms with van der Waals surface area (Å²) < 4.78 is 5.39. The maximum absolute atomic E-state index is 11.6. The number of rotatable bonds is 0. The zero-order valence-corrected chi connectivity index (χ0v) is 12.0. The van der Waals surface area contributed by atoms with E-state index in [2.05, 4.69) is 13.0 Å². The normalized spacial score (nSPS) is 28.4. The molecule has 1 aliphatic rings. The van der Waals surface area contributed by atoms with Crippen molar-refractivity contribution < 1.29 is 9.53 Å². The van der Waals surface area contributed by atoms with Crippen LogP contribution in [0.1, 0.15) is 78.1 Å². The molecule has 0 fully saturated rings. The summed E-state index contributed by atoms with van der Waals surface area (Å²) in [4.78, 5) is 11.6. The lowest BCUT2D eigenvalue weighted by Gasteiger charge is -2.12. The van der Waals surface area contributed by atoms with E-state index in [0.717, 1.165) is 25.7 Å². The second-order valence-electron chi connectivity index (χ2n) is 5.55. The average Bonchev–Trinajstić information content (AvgIpc) is 2.32. The van der Waals surface area contributed by atoms with E-state index in [1.165, 1.54) is 37.7 Å². The van der Waals surface area contributed by atoms with Gasteiger partial charge in [0.05, 0.1) is 6.10 Å². The zero-order valence-electron chi connectivity index (χ0n) is 12.0. The molecule has 104 valence electrons. The molecule has 1 atom stereocenters.